The molecule has 7 aromatic carbocycles. The van der Waals surface area contributed by atoms with Crippen LogP contribution < -0.4 is 0 Å². The van der Waals surface area contributed by atoms with E-state index in [9.17, 15) is 0 Å². The number of thiophene rings is 2. The summed E-state index contributed by atoms with van der Waals surface area (Å²) in [4.78, 5) is 16.9. The third-order valence-electron chi connectivity index (χ3n) is 10.5. The Morgan fingerprint density at radius 1 is 0.375 bits per heavy atom. The second-order valence-corrected chi connectivity index (χ2v) is 16.0. The van der Waals surface area contributed by atoms with Gasteiger partial charge in [-0.05, 0) is 29.8 Å². The van der Waals surface area contributed by atoms with E-state index in [0.29, 0.717) is 5.82 Å². The molecule has 0 amide bonds. The van der Waals surface area contributed by atoms with Crippen LogP contribution in [0.4, 0.5) is 0 Å². The van der Waals surface area contributed by atoms with Crippen molar-refractivity contribution in [3.63, 3.8) is 0 Å². The predicted molar refractivity (Wildman–Crippen MR) is 238 cm³/mol. The van der Waals surface area contributed by atoms with Gasteiger partial charge in [0.15, 0.2) is 5.82 Å². The van der Waals surface area contributed by atoms with E-state index < -0.39 is 0 Å². The van der Waals surface area contributed by atoms with Gasteiger partial charge in [0, 0.05) is 73.9 Å². The van der Waals surface area contributed by atoms with E-state index in [1.54, 1.807) is 0 Å². The van der Waals surface area contributed by atoms with Crippen molar-refractivity contribution in [3.05, 3.63) is 188 Å². The van der Waals surface area contributed by atoms with E-state index in [1.807, 2.05) is 46.9 Å². The second kappa shape index (κ2) is 13.5. The average molecular weight is 750 g/mol. The summed E-state index contributed by atoms with van der Waals surface area (Å²) in [6.45, 7) is 0. The normalized spacial score (nSPS) is 11.6. The maximum atomic E-state index is 5.42. The average Bonchev–Trinajstić information content (AvgIpc) is 3.87. The molecule has 5 heteroatoms. The molecule has 11 rings (SSSR count). The number of fused-ring (bicyclic) bond motifs is 6. The van der Waals surface area contributed by atoms with Gasteiger partial charge in [0.2, 0.25) is 0 Å². The van der Waals surface area contributed by atoms with E-state index in [1.165, 1.54) is 46.3 Å². The van der Waals surface area contributed by atoms with Crippen LogP contribution in [0.1, 0.15) is 0 Å². The van der Waals surface area contributed by atoms with Gasteiger partial charge in [0.25, 0.3) is 0 Å². The summed E-state index contributed by atoms with van der Waals surface area (Å²) >= 11 is 3.75. The van der Waals surface area contributed by atoms with Gasteiger partial charge >= 0.3 is 0 Å². The van der Waals surface area contributed by atoms with Crippen molar-refractivity contribution < 1.29 is 0 Å². The van der Waals surface area contributed by atoms with Crippen LogP contribution in [0, 0.1) is 0 Å². The molecule has 11 aromatic rings. The molecule has 262 valence electrons. The fourth-order valence-electron chi connectivity index (χ4n) is 7.88. The quantitative estimate of drug-likeness (QED) is 0.170. The van der Waals surface area contributed by atoms with Gasteiger partial charge in [-0.3, -0.25) is 0 Å². The van der Waals surface area contributed by atoms with Crippen molar-refractivity contribution in [1.82, 2.24) is 15.0 Å². The first-order chi connectivity index (χ1) is 27.8. The minimum atomic E-state index is 0.701. The molecule has 0 saturated carbocycles. The Kier molecular flexibility index (Phi) is 7.87. The monoisotopic (exact) mass is 749 g/mol. The van der Waals surface area contributed by atoms with Crippen molar-refractivity contribution in [3.8, 4) is 66.7 Å². The third kappa shape index (κ3) is 5.51. The van der Waals surface area contributed by atoms with Crippen molar-refractivity contribution in [2.24, 2.45) is 0 Å². The van der Waals surface area contributed by atoms with Crippen LogP contribution in [0.3, 0.4) is 0 Å². The summed E-state index contributed by atoms with van der Waals surface area (Å²) in [5, 5.41) is 4.91. The molecule has 0 aliphatic heterocycles. The minimum absolute atomic E-state index is 0.701. The van der Waals surface area contributed by atoms with Crippen LogP contribution in [0.5, 0.6) is 0 Å². The molecule has 0 spiro atoms. The summed E-state index contributed by atoms with van der Waals surface area (Å²) in [5.41, 5.74) is 11.5. The molecule has 0 N–H and O–H groups in total. The maximum Gasteiger partial charge on any atom is 0.160 e. The molecule has 0 aliphatic carbocycles. The van der Waals surface area contributed by atoms with Crippen molar-refractivity contribution >= 4 is 63.8 Å². The zero-order valence-electron chi connectivity index (χ0n) is 30.1. The number of benzene rings is 7. The molecular formula is C51H31N3S2. The summed E-state index contributed by atoms with van der Waals surface area (Å²) in [6.07, 6.45) is 0. The van der Waals surface area contributed by atoms with Crippen molar-refractivity contribution in [2.45, 2.75) is 0 Å². The lowest BCUT2D eigenvalue weighted by Crippen LogP contribution is -1.96. The molecule has 0 fully saturated rings. The number of aromatic nitrogens is 3. The fourth-order valence-corrected chi connectivity index (χ4v) is 10.6. The van der Waals surface area contributed by atoms with Gasteiger partial charge in [-0.15, -0.1) is 22.7 Å². The lowest BCUT2D eigenvalue weighted by atomic mass is 9.93. The van der Waals surface area contributed by atoms with Gasteiger partial charge < -0.3 is 0 Å². The van der Waals surface area contributed by atoms with Crippen LogP contribution in [-0.2, 0) is 0 Å². The Hall–Kier alpha value is -6.79. The Labute approximate surface area is 331 Å². The number of para-hydroxylation sites is 1. The molecule has 0 aliphatic rings. The van der Waals surface area contributed by atoms with Gasteiger partial charge in [-0.25, -0.2) is 15.0 Å². The Bertz CT molecular complexity index is 3180. The van der Waals surface area contributed by atoms with Crippen LogP contribution >= 0.6 is 22.7 Å². The van der Waals surface area contributed by atoms with E-state index in [4.69, 9.17) is 15.0 Å². The highest BCUT2D eigenvalue weighted by Gasteiger charge is 2.25. The highest BCUT2D eigenvalue weighted by Crippen LogP contribution is 2.52. The summed E-state index contributed by atoms with van der Waals surface area (Å²) in [5.74, 6) is 0.701. The molecule has 3 nitrogen and oxygen atoms in total. The molecule has 0 unspecified atom stereocenters. The lowest BCUT2D eigenvalue weighted by molar-refractivity contribution is 1.18. The number of rotatable bonds is 6. The molecule has 0 saturated heterocycles. The highest BCUT2D eigenvalue weighted by molar-refractivity contribution is 7.28. The molecule has 4 heterocycles. The largest absolute Gasteiger partial charge is 0.247 e. The Morgan fingerprint density at radius 3 is 1.75 bits per heavy atom. The first-order valence-electron chi connectivity index (χ1n) is 18.7. The van der Waals surface area contributed by atoms with E-state index in [-0.39, 0.29) is 0 Å². The Morgan fingerprint density at radius 2 is 0.964 bits per heavy atom. The third-order valence-corrected chi connectivity index (χ3v) is 13.0. The molecular weight excluding hydrogens is 719 g/mol. The molecule has 4 aromatic heterocycles. The molecule has 0 radical (unpaired) electrons. The number of pyridine rings is 1. The van der Waals surface area contributed by atoms with Crippen LogP contribution in [0.2, 0.25) is 0 Å². The standard InChI is InChI=1S/C51H31N3S2/c1-4-16-32(17-5-1)42-31-43(54-51(53-42)34-20-8-3-9-21-34)35-22-14-23-36(30-35)45-46-47(33-18-6-2-7-19-33)52-41-28-12-10-25-39(41)49(46)56-50(45)40-27-15-26-38-37-24-11-13-29-44(37)55-48(38)40/h1-31H. The summed E-state index contributed by atoms with van der Waals surface area (Å²) in [7, 11) is 0. The predicted octanol–water partition coefficient (Wildman–Crippen LogP) is 14.6. The molecule has 0 atom stereocenters. The zero-order chi connectivity index (χ0) is 37.0. The zero-order valence-corrected chi connectivity index (χ0v) is 31.7. The van der Waals surface area contributed by atoms with E-state index in [0.717, 1.165) is 55.8 Å². The van der Waals surface area contributed by atoms with Crippen LogP contribution in [-0.4, -0.2) is 15.0 Å². The fraction of sp³-hybridized carbons (Fsp3) is 0. The summed E-state index contributed by atoms with van der Waals surface area (Å²) in [6, 6.07) is 66.4. The van der Waals surface area contributed by atoms with E-state index >= 15 is 0 Å². The first kappa shape index (κ1) is 32.6. The number of nitrogens with zero attached hydrogens (tertiary/aromatic N) is 3. The lowest BCUT2D eigenvalue weighted by Gasteiger charge is -2.13. The van der Waals surface area contributed by atoms with Crippen LogP contribution in [0.15, 0.2) is 188 Å². The smallest absolute Gasteiger partial charge is 0.160 e. The Balaban J connectivity index is 1.22. The SMILES string of the molecule is c1ccc(-c2cc(-c3cccc(-c4c(-c5cccc6c5sc5ccccc56)sc5c4c(-c4ccccc4)nc4ccccc45)c3)nc(-c3ccccc3)n2)cc1. The van der Waals surface area contributed by atoms with E-state index in [2.05, 4.69) is 164 Å². The highest BCUT2D eigenvalue weighted by atomic mass is 32.1. The molecule has 56 heavy (non-hydrogen) atoms. The molecule has 0 bridgehead atoms. The van der Waals surface area contributed by atoms with Gasteiger partial charge in [0.05, 0.1) is 22.6 Å². The summed E-state index contributed by atoms with van der Waals surface area (Å²) < 4.78 is 3.83. The minimum Gasteiger partial charge on any atom is -0.247 e. The van der Waals surface area contributed by atoms with Crippen LogP contribution in [0.25, 0.3) is 108 Å². The van der Waals surface area contributed by atoms with Gasteiger partial charge in [-0.1, -0.05) is 164 Å². The first-order valence-corrected chi connectivity index (χ1v) is 20.3. The van der Waals surface area contributed by atoms with Crippen molar-refractivity contribution in [2.75, 3.05) is 0 Å². The topological polar surface area (TPSA) is 38.7 Å². The van der Waals surface area contributed by atoms with Gasteiger partial charge in [-0.2, -0.15) is 0 Å². The number of hydrogen-bond donors (Lipinski definition) is 0. The maximum absolute atomic E-state index is 5.42. The second-order valence-electron chi connectivity index (χ2n) is 13.9. The van der Waals surface area contributed by atoms with Gasteiger partial charge in [0.1, 0.15) is 0 Å². The van der Waals surface area contributed by atoms with Crippen molar-refractivity contribution in [1.29, 1.82) is 0 Å². The number of hydrogen-bond acceptors (Lipinski definition) is 5.